The third kappa shape index (κ3) is 2.96. The van der Waals surface area contributed by atoms with E-state index >= 15 is 0 Å². The van der Waals surface area contributed by atoms with E-state index in [1.54, 1.807) is 22.7 Å². The summed E-state index contributed by atoms with van der Waals surface area (Å²) >= 11 is 16.5. The van der Waals surface area contributed by atoms with Gasteiger partial charge in [-0.15, -0.1) is 22.7 Å². The van der Waals surface area contributed by atoms with Crippen molar-refractivity contribution in [2.24, 2.45) is 0 Å². The number of thiophene rings is 2. The van der Waals surface area contributed by atoms with Crippen LogP contribution in [-0.4, -0.2) is 7.05 Å². The average molecular weight is 416 g/mol. The Morgan fingerprint density at radius 1 is 1.24 bits per heavy atom. The highest BCUT2D eigenvalue weighted by atomic mass is 79.9. The first-order valence-electron chi connectivity index (χ1n) is 4.90. The average Bonchev–Trinajstić information content (AvgIpc) is 2.75. The van der Waals surface area contributed by atoms with E-state index in [0.717, 1.165) is 8.81 Å². The van der Waals surface area contributed by atoms with Crippen LogP contribution in [-0.2, 0) is 0 Å². The van der Waals surface area contributed by atoms with Gasteiger partial charge >= 0.3 is 0 Å². The summed E-state index contributed by atoms with van der Waals surface area (Å²) in [6, 6.07) is 4.49. The first-order chi connectivity index (χ1) is 8.02. The second-order valence-corrected chi connectivity index (χ2v) is 8.54. The molecule has 2 rings (SSSR count). The number of rotatable bonds is 3. The van der Waals surface area contributed by atoms with Gasteiger partial charge in [0.15, 0.2) is 0 Å². The van der Waals surface area contributed by atoms with E-state index in [1.807, 2.05) is 7.05 Å². The number of aryl methyl sites for hydroxylation is 1. The molecular formula is C11H10Br2ClNS2. The fourth-order valence-corrected chi connectivity index (χ4v) is 5.20. The summed E-state index contributed by atoms with van der Waals surface area (Å²) in [6.45, 7) is 2.11. The van der Waals surface area contributed by atoms with Crippen molar-refractivity contribution in [3.05, 3.63) is 40.0 Å². The van der Waals surface area contributed by atoms with E-state index in [-0.39, 0.29) is 6.04 Å². The molecule has 1 unspecified atom stereocenters. The van der Waals surface area contributed by atoms with Crippen LogP contribution in [0.5, 0.6) is 0 Å². The van der Waals surface area contributed by atoms with Crippen LogP contribution in [0.1, 0.15) is 21.4 Å². The molecule has 1 nitrogen and oxygen atoms in total. The fourth-order valence-electron chi connectivity index (χ4n) is 1.56. The molecule has 17 heavy (non-hydrogen) atoms. The molecule has 0 aliphatic carbocycles. The summed E-state index contributed by atoms with van der Waals surface area (Å²) in [5.41, 5.74) is 1.27. The van der Waals surface area contributed by atoms with Gasteiger partial charge < -0.3 is 5.32 Å². The molecule has 2 aromatic heterocycles. The summed E-state index contributed by atoms with van der Waals surface area (Å²) in [4.78, 5) is 2.51. The highest BCUT2D eigenvalue weighted by Crippen LogP contribution is 2.40. The van der Waals surface area contributed by atoms with E-state index in [4.69, 9.17) is 11.6 Å². The molecule has 0 fully saturated rings. The van der Waals surface area contributed by atoms with Gasteiger partial charge in [0.25, 0.3) is 0 Å². The largest absolute Gasteiger partial charge is 0.308 e. The molecule has 0 aliphatic heterocycles. The zero-order chi connectivity index (χ0) is 12.6. The van der Waals surface area contributed by atoms with E-state index in [9.17, 15) is 0 Å². The van der Waals surface area contributed by atoms with Crippen LogP contribution in [0, 0.1) is 6.92 Å². The van der Waals surface area contributed by atoms with E-state index in [1.165, 1.54) is 19.1 Å². The topological polar surface area (TPSA) is 12.0 Å². The van der Waals surface area contributed by atoms with Crippen LogP contribution in [0.15, 0.2) is 20.4 Å². The lowest BCUT2D eigenvalue weighted by molar-refractivity contribution is 0.716. The first-order valence-corrected chi connectivity index (χ1v) is 8.50. The van der Waals surface area contributed by atoms with Gasteiger partial charge in [-0.2, -0.15) is 0 Å². The standard InChI is InChI=1S/C11H10Br2ClNS2/c1-5-3-7(16-10(5)13)9(15-2)8-4-6(12)11(14)17-8/h3-4,9,15H,1-2H3. The molecule has 0 radical (unpaired) electrons. The lowest BCUT2D eigenvalue weighted by Gasteiger charge is -2.11. The zero-order valence-corrected chi connectivity index (χ0v) is 14.7. The Morgan fingerprint density at radius 3 is 2.29 bits per heavy atom. The Hall–Kier alpha value is 0.610. The zero-order valence-electron chi connectivity index (χ0n) is 9.18. The molecule has 92 valence electrons. The van der Waals surface area contributed by atoms with Gasteiger partial charge in [0.2, 0.25) is 0 Å². The van der Waals surface area contributed by atoms with Crippen LogP contribution in [0.25, 0.3) is 0 Å². The first kappa shape index (κ1) is 14.0. The molecule has 2 aromatic rings. The van der Waals surface area contributed by atoms with Crippen LogP contribution < -0.4 is 5.32 Å². The number of halogens is 3. The normalized spacial score (nSPS) is 13.0. The highest BCUT2D eigenvalue weighted by molar-refractivity contribution is 9.11. The predicted molar refractivity (Wildman–Crippen MR) is 84.7 cm³/mol. The number of hydrogen-bond acceptors (Lipinski definition) is 3. The van der Waals surface area contributed by atoms with Crippen molar-refractivity contribution in [1.82, 2.24) is 5.32 Å². The lowest BCUT2D eigenvalue weighted by Crippen LogP contribution is -2.15. The minimum atomic E-state index is 0.207. The van der Waals surface area contributed by atoms with Crippen molar-refractivity contribution in [2.75, 3.05) is 7.05 Å². The minimum absolute atomic E-state index is 0.207. The summed E-state index contributed by atoms with van der Waals surface area (Å²) in [7, 11) is 1.97. The van der Waals surface area contributed by atoms with Crippen molar-refractivity contribution in [2.45, 2.75) is 13.0 Å². The van der Waals surface area contributed by atoms with Gasteiger partial charge in [0, 0.05) is 14.2 Å². The Morgan fingerprint density at radius 2 is 1.88 bits per heavy atom. The predicted octanol–water partition coefficient (Wildman–Crippen LogP) is 5.61. The molecule has 1 N–H and O–H groups in total. The SMILES string of the molecule is CNC(c1cc(Br)c(Cl)s1)c1cc(C)c(Br)s1. The molecular weight excluding hydrogens is 406 g/mol. The summed E-state index contributed by atoms with van der Waals surface area (Å²) < 4.78 is 2.95. The van der Waals surface area contributed by atoms with Crippen LogP contribution in [0.3, 0.4) is 0 Å². The highest BCUT2D eigenvalue weighted by Gasteiger charge is 2.19. The Kier molecular flexibility index (Phi) is 4.72. The Balaban J connectivity index is 2.39. The number of hydrogen-bond donors (Lipinski definition) is 1. The minimum Gasteiger partial charge on any atom is -0.308 e. The van der Waals surface area contributed by atoms with Crippen molar-refractivity contribution in [3.63, 3.8) is 0 Å². The molecule has 6 heteroatoms. The lowest BCUT2D eigenvalue weighted by atomic mass is 10.2. The van der Waals surface area contributed by atoms with Crippen molar-refractivity contribution >= 4 is 66.1 Å². The quantitative estimate of drug-likeness (QED) is 0.687. The second-order valence-electron chi connectivity index (χ2n) is 3.60. The summed E-state index contributed by atoms with van der Waals surface area (Å²) in [5.74, 6) is 0. The molecule has 0 bridgehead atoms. The maximum atomic E-state index is 6.09. The van der Waals surface area contributed by atoms with E-state index < -0.39 is 0 Å². The van der Waals surface area contributed by atoms with Crippen molar-refractivity contribution < 1.29 is 0 Å². The molecule has 0 spiro atoms. The van der Waals surface area contributed by atoms with E-state index in [2.05, 4.69) is 56.2 Å². The van der Waals surface area contributed by atoms with E-state index in [0.29, 0.717) is 0 Å². The molecule has 2 heterocycles. The Labute approximate surface area is 130 Å². The van der Waals surface area contributed by atoms with Crippen LogP contribution in [0.2, 0.25) is 4.34 Å². The van der Waals surface area contributed by atoms with Crippen molar-refractivity contribution in [3.8, 4) is 0 Å². The van der Waals surface area contributed by atoms with Crippen LogP contribution in [0.4, 0.5) is 0 Å². The molecule has 0 saturated heterocycles. The molecule has 0 amide bonds. The van der Waals surface area contributed by atoms with Gasteiger partial charge in [-0.1, -0.05) is 11.6 Å². The monoisotopic (exact) mass is 413 g/mol. The summed E-state index contributed by atoms with van der Waals surface area (Å²) in [5, 5.41) is 3.34. The van der Waals surface area contributed by atoms with Gasteiger partial charge in [-0.3, -0.25) is 0 Å². The smallest absolute Gasteiger partial charge is 0.107 e. The fraction of sp³-hybridized carbons (Fsp3) is 0.273. The summed E-state index contributed by atoms with van der Waals surface area (Å²) in [6.07, 6.45) is 0. The van der Waals surface area contributed by atoms with Gasteiger partial charge in [0.05, 0.1) is 9.83 Å². The van der Waals surface area contributed by atoms with Crippen molar-refractivity contribution in [1.29, 1.82) is 0 Å². The van der Waals surface area contributed by atoms with Gasteiger partial charge in [-0.25, -0.2) is 0 Å². The van der Waals surface area contributed by atoms with Crippen LogP contribution >= 0.6 is 66.1 Å². The molecule has 0 aromatic carbocycles. The van der Waals surface area contributed by atoms with Gasteiger partial charge in [0.1, 0.15) is 4.34 Å². The molecule has 0 aliphatic rings. The maximum Gasteiger partial charge on any atom is 0.107 e. The number of nitrogens with one attached hydrogen (secondary N) is 1. The molecule has 1 atom stereocenters. The third-order valence-electron chi connectivity index (χ3n) is 2.40. The third-order valence-corrected chi connectivity index (χ3v) is 7.14. The second kappa shape index (κ2) is 5.72. The Bertz CT molecular complexity index is 450. The maximum absolute atomic E-state index is 6.09. The molecule has 0 saturated carbocycles. The van der Waals surface area contributed by atoms with Gasteiger partial charge in [-0.05, 0) is 63.5 Å².